The van der Waals surface area contributed by atoms with Crippen molar-refractivity contribution in [2.45, 2.75) is 26.9 Å². The second kappa shape index (κ2) is 9.68. The first-order valence-electron chi connectivity index (χ1n) is 8.70. The van der Waals surface area contributed by atoms with Crippen molar-refractivity contribution in [2.75, 3.05) is 20.2 Å². The van der Waals surface area contributed by atoms with Gasteiger partial charge in [-0.15, -0.1) is 0 Å². The maximum absolute atomic E-state index is 12.3. The molecule has 6 heteroatoms. The molecule has 0 radical (unpaired) electrons. The van der Waals surface area contributed by atoms with Crippen molar-refractivity contribution < 1.29 is 14.3 Å². The molecule has 2 aromatic rings. The van der Waals surface area contributed by atoms with E-state index >= 15 is 0 Å². The minimum atomic E-state index is -0.477. The molecule has 26 heavy (non-hydrogen) atoms. The molecule has 138 valence electrons. The van der Waals surface area contributed by atoms with Crippen LogP contribution in [-0.2, 0) is 17.8 Å². The highest BCUT2D eigenvalue weighted by atomic mass is 16.5. The van der Waals surface area contributed by atoms with Crippen LogP contribution in [0.3, 0.4) is 0 Å². The summed E-state index contributed by atoms with van der Waals surface area (Å²) >= 11 is 0. The van der Waals surface area contributed by atoms with Crippen LogP contribution in [0.2, 0.25) is 0 Å². The lowest BCUT2D eigenvalue weighted by atomic mass is 10.1. The first kappa shape index (κ1) is 19.6. The van der Waals surface area contributed by atoms with Gasteiger partial charge >= 0.3 is 5.97 Å². The van der Waals surface area contributed by atoms with Gasteiger partial charge in [-0.05, 0) is 36.3 Å². The van der Waals surface area contributed by atoms with Crippen molar-refractivity contribution in [3.8, 4) is 0 Å². The second-order valence-electron chi connectivity index (χ2n) is 5.84. The molecule has 6 nitrogen and oxygen atoms in total. The van der Waals surface area contributed by atoms with E-state index in [0.29, 0.717) is 12.1 Å². The zero-order valence-electron chi connectivity index (χ0n) is 15.5. The van der Waals surface area contributed by atoms with Gasteiger partial charge in [0.1, 0.15) is 5.69 Å². The van der Waals surface area contributed by atoms with E-state index in [4.69, 9.17) is 0 Å². The van der Waals surface area contributed by atoms with Gasteiger partial charge in [0.2, 0.25) is 0 Å². The van der Waals surface area contributed by atoms with Gasteiger partial charge in [0.05, 0.1) is 12.7 Å². The molecule has 1 amide bonds. The average molecular weight is 355 g/mol. The Kier molecular flexibility index (Phi) is 7.29. The van der Waals surface area contributed by atoms with Crippen molar-refractivity contribution in [1.82, 2.24) is 15.2 Å². The number of rotatable bonds is 8. The number of pyridine rings is 1. The van der Waals surface area contributed by atoms with Crippen molar-refractivity contribution >= 4 is 11.9 Å². The van der Waals surface area contributed by atoms with E-state index < -0.39 is 5.97 Å². The van der Waals surface area contributed by atoms with Gasteiger partial charge in [-0.25, -0.2) is 4.79 Å². The predicted octanol–water partition coefficient (Wildman–Crippen LogP) is 2.64. The number of nitrogens with one attached hydrogen (secondary N) is 1. The highest BCUT2D eigenvalue weighted by Crippen LogP contribution is 2.12. The summed E-state index contributed by atoms with van der Waals surface area (Å²) in [6.45, 7) is 7.51. The topological polar surface area (TPSA) is 71.5 Å². The van der Waals surface area contributed by atoms with Gasteiger partial charge in [-0.1, -0.05) is 38.1 Å². The molecular weight excluding hydrogens is 330 g/mol. The molecule has 0 aliphatic heterocycles. The number of esters is 1. The summed E-state index contributed by atoms with van der Waals surface area (Å²) in [6.07, 6.45) is 1.34. The smallest absolute Gasteiger partial charge is 0.339 e. The molecule has 1 N–H and O–H groups in total. The van der Waals surface area contributed by atoms with E-state index in [9.17, 15) is 9.59 Å². The number of ether oxygens (including phenoxy) is 1. The summed E-state index contributed by atoms with van der Waals surface area (Å²) in [5.41, 5.74) is 2.86. The van der Waals surface area contributed by atoms with Gasteiger partial charge in [-0.2, -0.15) is 0 Å². The Bertz CT molecular complexity index is 740. The molecule has 1 aromatic carbocycles. The van der Waals surface area contributed by atoms with Crippen LogP contribution >= 0.6 is 0 Å². The largest absolute Gasteiger partial charge is 0.465 e. The number of amides is 1. The molecule has 0 atom stereocenters. The van der Waals surface area contributed by atoms with E-state index in [0.717, 1.165) is 25.2 Å². The first-order valence-corrected chi connectivity index (χ1v) is 8.70. The summed E-state index contributed by atoms with van der Waals surface area (Å²) < 4.78 is 4.62. The van der Waals surface area contributed by atoms with Crippen molar-refractivity contribution in [3.05, 3.63) is 65.0 Å². The minimum Gasteiger partial charge on any atom is -0.465 e. The zero-order valence-corrected chi connectivity index (χ0v) is 15.5. The molecule has 0 saturated carbocycles. The van der Waals surface area contributed by atoms with Crippen molar-refractivity contribution in [3.63, 3.8) is 0 Å². The molecule has 1 heterocycles. The molecule has 0 saturated heterocycles. The average Bonchev–Trinajstić information content (AvgIpc) is 2.70. The molecule has 0 aliphatic rings. The quantitative estimate of drug-likeness (QED) is 0.737. The van der Waals surface area contributed by atoms with Crippen LogP contribution in [0, 0.1) is 0 Å². The highest BCUT2D eigenvalue weighted by Gasteiger charge is 2.12. The van der Waals surface area contributed by atoms with Crippen LogP contribution in [0.25, 0.3) is 0 Å². The fourth-order valence-electron chi connectivity index (χ4n) is 2.61. The molecule has 2 rings (SSSR count). The SMILES string of the molecule is CCN(CC)Cc1ccccc1CNC(=O)c1ccc(C(=O)OC)cn1. The van der Waals surface area contributed by atoms with Crippen molar-refractivity contribution in [1.29, 1.82) is 0 Å². The molecule has 1 aromatic heterocycles. The lowest BCUT2D eigenvalue weighted by Gasteiger charge is -2.20. The van der Waals surface area contributed by atoms with Gasteiger partial charge in [0.15, 0.2) is 0 Å². The lowest BCUT2D eigenvalue weighted by molar-refractivity contribution is 0.0599. The third-order valence-corrected chi connectivity index (χ3v) is 4.26. The Hall–Kier alpha value is -2.73. The summed E-state index contributed by atoms with van der Waals surface area (Å²) in [6, 6.07) is 11.1. The summed E-state index contributed by atoms with van der Waals surface area (Å²) in [4.78, 5) is 30.1. The van der Waals surface area contributed by atoms with Crippen LogP contribution in [0.1, 0.15) is 45.8 Å². The Balaban J connectivity index is 2.02. The number of aromatic nitrogens is 1. The lowest BCUT2D eigenvalue weighted by Crippen LogP contribution is -2.26. The standard InChI is InChI=1S/C20H25N3O3/c1-4-23(5-2)14-17-9-7-6-8-15(17)12-22-19(24)18-11-10-16(13-21-18)20(25)26-3/h6-11,13H,4-5,12,14H2,1-3H3,(H,22,24). The summed E-state index contributed by atoms with van der Waals surface area (Å²) in [5.74, 6) is -0.756. The van der Waals surface area contributed by atoms with Crippen LogP contribution in [0.4, 0.5) is 0 Å². The Morgan fingerprint density at radius 2 is 1.77 bits per heavy atom. The van der Waals surface area contributed by atoms with E-state index in [1.165, 1.54) is 31.0 Å². The normalized spacial score (nSPS) is 10.6. The summed E-state index contributed by atoms with van der Waals surface area (Å²) in [7, 11) is 1.30. The predicted molar refractivity (Wildman–Crippen MR) is 99.8 cm³/mol. The zero-order chi connectivity index (χ0) is 18.9. The highest BCUT2D eigenvalue weighted by molar-refractivity contribution is 5.94. The number of hydrogen-bond acceptors (Lipinski definition) is 5. The number of hydrogen-bond donors (Lipinski definition) is 1. The number of carbonyl (C=O) groups is 2. The Labute approximate surface area is 154 Å². The summed E-state index contributed by atoms with van der Waals surface area (Å²) in [5, 5.41) is 2.89. The van der Waals surface area contributed by atoms with Gasteiger partial charge in [-0.3, -0.25) is 14.7 Å². The van der Waals surface area contributed by atoms with Crippen LogP contribution in [0.5, 0.6) is 0 Å². The Morgan fingerprint density at radius 1 is 1.08 bits per heavy atom. The van der Waals surface area contributed by atoms with E-state index in [-0.39, 0.29) is 11.6 Å². The van der Waals surface area contributed by atoms with Crippen LogP contribution in [-0.4, -0.2) is 42.0 Å². The maximum Gasteiger partial charge on any atom is 0.339 e. The number of methoxy groups -OCH3 is 1. The molecular formula is C20H25N3O3. The third-order valence-electron chi connectivity index (χ3n) is 4.26. The molecule has 0 unspecified atom stereocenters. The van der Waals surface area contributed by atoms with Crippen LogP contribution in [0.15, 0.2) is 42.6 Å². The van der Waals surface area contributed by atoms with Gasteiger partial charge in [0, 0.05) is 19.3 Å². The third kappa shape index (κ3) is 5.13. The van der Waals surface area contributed by atoms with E-state index in [2.05, 4.69) is 39.9 Å². The van der Waals surface area contributed by atoms with E-state index in [1.807, 2.05) is 18.2 Å². The first-order chi connectivity index (χ1) is 12.6. The second-order valence-corrected chi connectivity index (χ2v) is 5.84. The number of benzene rings is 1. The molecule has 0 bridgehead atoms. The molecule has 0 aliphatic carbocycles. The fraction of sp³-hybridized carbons (Fsp3) is 0.350. The van der Waals surface area contributed by atoms with E-state index in [1.54, 1.807) is 0 Å². The Morgan fingerprint density at radius 3 is 2.35 bits per heavy atom. The van der Waals surface area contributed by atoms with Gasteiger partial charge < -0.3 is 10.1 Å². The molecule has 0 spiro atoms. The van der Waals surface area contributed by atoms with Gasteiger partial charge in [0.25, 0.3) is 5.91 Å². The fourth-order valence-corrected chi connectivity index (χ4v) is 2.61. The number of nitrogens with zero attached hydrogens (tertiary/aromatic N) is 2. The van der Waals surface area contributed by atoms with Crippen molar-refractivity contribution in [2.24, 2.45) is 0 Å². The maximum atomic E-state index is 12.3. The van der Waals surface area contributed by atoms with Crippen LogP contribution < -0.4 is 5.32 Å². The molecule has 0 fully saturated rings. The number of carbonyl (C=O) groups excluding carboxylic acids is 2. The monoisotopic (exact) mass is 355 g/mol. The minimum absolute atomic E-state index is 0.263.